The van der Waals surface area contributed by atoms with Crippen molar-refractivity contribution in [3.63, 3.8) is 0 Å². The van der Waals surface area contributed by atoms with Gasteiger partial charge in [0.2, 0.25) is 5.91 Å². The summed E-state index contributed by atoms with van der Waals surface area (Å²) >= 11 is 0. The summed E-state index contributed by atoms with van der Waals surface area (Å²) in [5, 5.41) is 2.94. The molecule has 3 atom stereocenters. The fraction of sp³-hybridized carbons (Fsp3) is 0.857. The van der Waals surface area contributed by atoms with Gasteiger partial charge in [-0.05, 0) is 13.8 Å². The van der Waals surface area contributed by atoms with E-state index in [0.29, 0.717) is 5.75 Å². The quantitative estimate of drug-likeness (QED) is 0.600. The molecule has 0 aromatic rings. The molecule has 0 saturated carbocycles. The highest BCUT2D eigenvalue weighted by Gasteiger charge is 2.12. The molecule has 0 rings (SSSR count). The van der Waals surface area contributed by atoms with Crippen LogP contribution in [0.4, 0.5) is 0 Å². The summed E-state index contributed by atoms with van der Waals surface area (Å²) in [5.74, 6) is 0.154. The van der Waals surface area contributed by atoms with E-state index < -0.39 is 10.8 Å². The first-order valence-electron chi connectivity index (χ1n) is 3.79. The normalized spacial score (nSPS) is 18.2. The Bertz CT molecular complexity index is 184. The fourth-order valence-corrected chi connectivity index (χ4v) is 1.71. The molecule has 0 aromatic carbocycles. The molecule has 0 aromatic heterocycles. The highest BCUT2D eigenvalue weighted by atomic mass is 32.2. The number of nitrogens with one attached hydrogen (secondary N) is 1. The van der Waals surface area contributed by atoms with Crippen molar-refractivity contribution >= 4 is 16.7 Å². The molecule has 0 radical (unpaired) electrons. The zero-order valence-corrected chi connectivity index (χ0v) is 8.48. The minimum absolute atomic E-state index is 0.0540. The molecule has 0 saturated heterocycles. The number of amides is 1. The molecule has 0 fully saturated rings. The average Bonchev–Trinajstić information content (AvgIpc) is 1.84. The Balaban J connectivity index is 3.76. The Hall–Kier alpha value is -0.420. The van der Waals surface area contributed by atoms with Crippen molar-refractivity contribution in [2.24, 2.45) is 5.73 Å². The van der Waals surface area contributed by atoms with Crippen LogP contribution in [0.15, 0.2) is 0 Å². The fourth-order valence-electron chi connectivity index (χ4n) is 0.909. The van der Waals surface area contributed by atoms with E-state index in [2.05, 4.69) is 5.32 Å². The number of rotatable bonds is 5. The molecular formula is C7H16N2O2S. The van der Waals surface area contributed by atoms with Gasteiger partial charge in [-0.1, -0.05) is 0 Å². The van der Waals surface area contributed by atoms with Gasteiger partial charge in [-0.3, -0.25) is 9.00 Å². The van der Waals surface area contributed by atoms with Gasteiger partial charge in [-0.2, -0.15) is 0 Å². The number of hydrogen-bond acceptors (Lipinski definition) is 3. The van der Waals surface area contributed by atoms with Crippen LogP contribution in [0.3, 0.4) is 0 Å². The summed E-state index contributed by atoms with van der Waals surface area (Å²) in [7, 11) is -0.840. The first kappa shape index (κ1) is 11.6. The summed E-state index contributed by atoms with van der Waals surface area (Å²) in [5.41, 5.74) is 5.04. The van der Waals surface area contributed by atoms with Crippen LogP contribution in [0.25, 0.3) is 0 Å². The second kappa shape index (κ2) is 5.27. The van der Waals surface area contributed by atoms with Gasteiger partial charge in [0.25, 0.3) is 0 Å². The van der Waals surface area contributed by atoms with Crippen molar-refractivity contribution in [3.05, 3.63) is 0 Å². The van der Waals surface area contributed by atoms with Crippen molar-refractivity contribution < 1.29 is 9.00 Å². The average molecular weight is 192 g/mol. The lowest BCUT2D eigenvalue weighted by molar-refractivity contribution is -0.119. The Kier molecular flexibility index (Phi) is 5.08. The zero-order valence-electron chi connectivity index (χ0n) is 7.66. The van der Waals surface area contributed by atoms with Gasteiger partial charge in [0, 0.05) is 28.9 Å². The number of carbonyl (C=O) groups excluding carboxylic acids is 1. The summed E-state index contributed by atoms with van der Waals surface area (Å²) in [6.45, 7) is 3.57. The first-order chi connectivity index (χ1) is 5.43. The van der Waals surface area contributed by atoms with Crippen LogP contribution in [0.1, 0.15) is 13.8 Å². The van der Waals surface area contributed by atoms with Crippen LogP contribution in [0.5, 0.6) is 0 Å². The minimum atomic E-state index is -0.840. The van der Waals surface area contributed by atoms with Crippen molar-refractivity contribution in [1.82, 2.24) is 5.32 Å². The largest absolute Gasteiger partial charge is 0.368 e. The lowest BCUT2D eigenvalue weighted by Crippen LogP contribution is -2.45. The molecule has 0 heterocycles. The molecule has 4 nitrogen and oxygen atoms in total. The molecule has 0 spiro atoms. The first-order valence-corrected chi connectivity index (χ1v) is 5.51. The van der Waals surface area contributed by atoms with Gasteiger partial charge in [-0.25, -0.2) is 0 Å². The van der Waals surface area contributed by atoms with E-state index in [9.17, 15) is 9.00 Å². The summed E-state index contributed by atoms with van der Waals surface area (Å²) in [6.07, 6.45) is 1.63. The van der Waals surface area contributed by atoms with E-state index in [4.69, 9.17) is 5.73 Å². The van der Waals surface area contributed by atoms with Crippen LogP contribution in [-0.2, 0) is 15.6 Å². The molecule has 0 aliphatic heterocycles. The van der Waals surface area contributed by atoms with Crippen LogP contribution in [-0.4, -0.2) is 34.2 Å². The monoisotopic (exact) mass is 192 g/mol. The van der Waals surface area contributed by atoms with Crippen LogP contribution < -0.4 is 11.1 Å². The van der Waals surface area contributed by atoms with Gasteiger partial charge < -0.3 is 11.1 Å². The van der Waals surface area contributed by atoms with E-state index in [1.807, 2.05) is 6.92 Å². The third-order valence-corrected chi connectivity index (χ3v) is 2.42. The summed E-state index contributed by atoms with van der Waals surface area (Å²) in [4.78, 5) is 10.6. The third-order valence-electron chi connectivity index (χ3n) is 1.45. The van der Waals surface area contributed by atoms with E-state index >= 15 is 0 Å². The second-order valence-corrected chi connectivity index (χ2v) is 4.41. The number of hydrogen-bond donors (Lipinski definition) is 2. The molecule has 1 amide bonds. The van der Waals surface area contributed by atoms with Gasteiger partial charge in [0.15, 0.2) is 0 Å². The Morgan fingerprint density at radius 2 is 2.08 bits per heavy atom. The van der Waals surface area contributed by atoms with Crippen molar-refractivity contribution in [1.29, 1.82) is 0 Å². The van der Waals surface area contributed by atoms with E-state index in [0.717, 1.165) is 0 Å². The SMILES string of the molecule is CC(CS(C)=O)NC(C)C(N)=O. The molecule has 3 unspecified atom stereocenters. The Labute approximate surface area is 75.4 Å². The Morgan fingerprint density at radius 3 is 2.42 bits per heavy atom. The van der Waals surface area contributed by atoms with E-state index in [-0.39, 0.29) is 18.0 Å². The highest BCUT2D eigenvalue weighted by Crippen LogP contribution is 1.89. The predicted octanol–water partition coefficient (Wildman–Crippen LogP) is -0.783. The molecule has 0 bridgehead atoms. The number of primary amides is 1. The van der Waals surface area contributed by atoms with Crippen LogP contribution in [0.2, 0.25) is 0 Å². The summed E-state index contributed by atoms with van der Waals surface area (Å²) < 4.78 is 10.8. The van der Waals surface area contributed by atoms with Gasteiger partial charge >= 0.3 is 0 Å². The van der Waals surface area contributed by atoms with Crippen LogP contribution >= 0.6 is 0 Å². The topological polar surface area (TPSA) is 72.2 Å². The maximum absolute atomic E-state index is 10.8. The molecular weight excluding hydrogens is 176 g/mol. The third kappa shape index (κ3) is 5.26. The molecule has 3 N–H and O–H groups in total. The number of nitrogens with two attached hydrogens (primary N) is 1. The molecule has 72 valence electrons. The smallest absolute Gasteiger partial charge is 0.234 e. The van der Waals surface area contributed by atoms with Gasteiger partial charge in [0.05, 0.1) is 6.04 Å². The van der Waals surface area contributed by atoms with Crippen molar-refractivity contribution in [3.8, 4) is 0 Å². The van der Waals surface area contributed by atoms with E-state index in [1.54, 1.807) is 13.2 Å². The van der Waals surface area contributed by atoms with Crippen LogP contribution in [0, 0.1) is 0 Å². The van der Waals surface area contributed by atoms with Gasteiger partial charge in [0.1, 0.15) is 0 Å². The minimum Gasteiger partial charge on any atom is -0.368 e. The second-order valence-electron chi connectivity index (χ2n) is 2.93. The summed E-state index contributed by atoms with van der Waals surface area (Å²) in [6, 6.07) is -0.304. The lowest BCUT2D eigenvalue weighted by atomic mass is 10.3. The number of carbonyl (C=O) groups is 1. The Morgan fingerprint density at radius 1 is 1.58 bits per heavy atom. The lowest BCUT2D eigenvalue weighted by Gasteiger charge is -2.16. The molecule has 12 heavy (non-hydrogen) atoms. The zero-order chi connectivity index (χ0) is 9.72. The van der Waals surface area contributed by atoms with Gasteiger partial charge in [-0.15, -0.1) is 0 Å². The standard InChI is InChI=1S/C7H16N2O2S/c1-5(4-12(3)11)9-6(2)7(8)10/h5-6,9H,4H2,1-3H3,(H2,8,10). The van der Waals surface area contributed by atoms with Crippen molar-refractivity contribution in [2.45, 2.75) is 25.9 Å². The molecule has 5 heteroatoms. The van der Waals surface area contributed by atoms with E-state index in [1.165, 1.54) is 0 Å². The molecule has 0 aliphatic rings. The van der Waals surface area contributed by atoms with Crippen molar-refractivity contribution in [2.75, 3.05) is 12.0 Å². The maximum atomic E-state index is 10.8. The molecule has 0 aliphatic carbocycles. The maximum Gasteiger partial charge on any atom is 0.234 e. The predicted molar refractivity (Wildman–Crippen MR) is 50.2 cm³/mol. The highest BCUT2D eigenvalue weighted by molar-refractivity contribution is 7.84.